The van der Waals surface area contributed by atoms with Crippen LogP contribution in [0.2, 0.25) is 5.02 Å². The molecule has 2 aromatic carbocycles. The Bertz CT molecular complexity index is 2300. The number of esters is 2. The van der Waals surface area contributed by atoms with Crippen LogP contribution in [0.15, 0.2) is 67.3 Å². The van der Waals surface area contributed by atoms with Crippen molar-refractivity contribution in [2.24, 2.45) is 0 Å². The van der Waals surface area contributed by atoms with Crippen LogP contribution in [0.3, 0.4) is 0 Å². The molecule has 0 radical (unpaired) electrons. The predicted octanol–water partition coefficient (Wildman–Crippen LogP) is 2.86. The Hall–Kier alpha value is -7.02. The summed E-state index contributed by atoms with van der Waals surface area (Å²) in [4.78, 5) is 55.5. The number of hydrogen-bond donors (Lipinski definition) is 2. The molecule has 2 amide bonds. The van der Waals surface area contributed by atoms with E-state index < -0.39 is 23.8 Å². The Kier molecular flexibility index (Phi) is 10.2. The highest BCUT2D eigenvalue weighted by Gasteiger charge is 2.22. The Labute approximate surface area is 297 Å². The van der Waals surface area contributed by atoms with Crippen LogP contribution >= 0.6 is 11.6 Å². The number of tetrazole rings is 1. The summed E-state index contributed by atoms with van der Waals surface area (Å²) in [6, 6.07) is 11.6. The number of ether oxygens (including phenoxy) is 4. The van der Waals surface area contributed by atoms with Crippen LogP contribution in [0.25, 0.3) is 11.5 Å². The summed E-state index contributed by atoms with van der Waals surface area (Å²) >= 11 is 6.59. The van der Waals surface area contributed by atoms with Gasteiger partial charge < -0.3 is 29.6 Å². The normalized spacial score (nSPS) is 10.8. The molecular weight excluding hydrogens is 702 g/mol. The number of imidazole rings is 1. The van der Waals surface area contributed by atoms with Gasteiger partial charge in [-0.05, 0) is 52.4 Å². The Morgan fingerprint density at radius 1 is 0.808 bits per heavy atom. The van der Waals surface area contributed by atoms with Crippen molar-refractivity contribution in [3.63, 3.8) is 0 Å². The van der Waals surface area contributed by atoms with Gasteiger partial charge in [0, 0.05) is 36.0 Å². The number of carbonyl (C=O) groups is 4. The molecule has 0 fully saturated rings. The van der Waals surface area contributed by atoms with Crippen LogP contribution in [-0.2, 0) is 15.9 Å². The number of methoxy groups -OCH3 is 3. The molecule has 0 saturated heterocycles. The van der Waals surface area contributed by atoms with Gasteiger partial charge in [0.15, 0.2) is 34.4 Å². The zero-order chi connectivity index (χ0) is 36.8. The van der Waals surface area contributed by atoms with Crippen LogP contribution in [0.4, 0.5) is 11.4 Å². The summed E-state index contributed by atoms with van der Waals surface area (Å²) in [7, 11) is 3.77. The molecule has 6 aromatic rings. The van der Waals surface area contributed by atoms with Gasteiger partial charge in [0.1, 0.15) is 6.33 Å². The fourth-order valence-corrected chi connectivity index (χ4v) is 5.06. The molecule has 52 heavy (non-hydrogen) atoms. The zero-order valence-corrected chi connectivity index (χ0v) is 28.2. The van der Waals surface area contributed by atoms with Crippen molar-refractivity contribution in [2.75, 3.05) is 38.6 Å². The Morgan fingerprint density at radius 2 is 1.52 bits per heavy atom. The summed E-state index contributed by atoms with van der Waals surface area (Å²) in [6.07, 6.45) is 4.95. The van der Waals surface area contributed by atoms with Crippen LogP contribution in [0.1, 0.15) is 47.3 Å². The lowest BCUT2D eigenvalue weighted by atomic mass is 10.1. The average Bonchev–Trinajstić information content (AvgIpc) is 3.88. The van der Waals surface area contributed by atoms with Crippen molar-refractivity contribution < 1.29 is 38.1 Å². The number of amides is 2. The van der Waals surface area contributed by atoms with Crippen LogP contribution in [0, 0.1) is 0 Å². The predicted molar refractivity (Wildman–Crippen MR) is 180 cm³/mol. The third kappa shape index (κ3) is 7.43. The van der Waals surface area contributed by atoms with Gasteiger partial charge >= 0.3 is 11.9 Å². The quantitative estimate of drug-likeness (QED) is 0.173. The van der Waals surface area contributed by atoms with Crippen molar-refractivity contribution in [3.8, 4) is 17.3 Å². The number of aromatic nitrogens is 9. The third-order valence-corrected chi connectivity index (χ3v) is 7.73. The monoisotopic (exact) mass is 727 g/mol. The number of anilines is 2. The van der Waals surface area contributed by atoms with Crippen molar-refractivity contribution in [3.05, 3.63) is 100 Å². The fraction of sp³-hybridized carbons (Fsp3) is 0.156. The molecule has 0 saturated carbocycles. The van der Waals surface area contributed by atoms with Gasteiger partial charge in [-0.3, -0.25) is 14.2 Å². The number of nitrogens with one attached hydrogen (secondary N) is 2. The first kappa shape index (κ1) is 34.8. The van der Waals surface area contributed by atoms with Gasteiger partial charge in [-0.1, -0.05) is 11.6 Å². The number of fused-ring (bicyclic) bond motifs is 1. The molecule has 6 rings (SSSR count). The molecule has 19 nitrogen and oxygen atoms in total. The van der Waals surface area contributed by atoms with E-state index in [2.05, 4.69) is 46.4 Å². The van der Waals surface area contributed by atoms with E-state index in [0.29, 0.717) is 17.0 Å². The summed E-state index contributed by atoms with van der Waals surface area (Å²) in [5.74, 6) is -2.03. The average molecular weight is 728 g/mol. The Balaban J connectivity index is 1.20. The summed E-state index contributed by atoms with van der Waals surface area (Å²) < 4.78 is 24.0. The highest BCUT2D eigenvalue weighted by Crippen LogP contribution is 2.35. The molecule has 20 heteroatoms. The van der Waals surface area contributed by atoms with E-state index in [9.17, 15) is 19.2 Å². The lowest BCUT2D eigenvalue weighted by Gasteiger charge is -2.17. The van der Waals surface area contributed by atoms with Gasteiger partial charge in [-0.25, -0.2) is 14.6 Å². The molecule has 0 spiro atoms. The minimum Gasteiger partial charge on any atom is -0.493 e. The van der Waals surface area contributed by atoms with E-state index in [0.717, 1.165) is 4.63 Å². The molecule has 0 atom stereocenters. The maximum absolute atomic E-state index is 13.2. The van der Waals surface area contributed by atoms with E-state index in [1.807, 2.05) is 0 Å². The maximum Gasteiger partial charge on any atom is 0.340 e. The van der Waals surface area contributed by atoms with Gasteiger partial charge in [0.05, 0.1) is 50.4 Å². The van der Waals surface area contributed by atoms with Crippen molar-refractivity contribution in [1.29, 1.82) is 0 Å². The third-order valence-electron chi connectivity index (χ3n) is 7.38. The van der Waals surface area contributed by atoms with Crippen LogP contribution in [-0.4, -0.2) is 96.7 Å². The lowest BCUT2D eigenvalue weighted by molar-refractivity contribution is 0.0592. The van der Waals surface area contributed by atoms with Gasteiger partial charge in [0.2, 0.25) is 0 Å². The number of halogens is 1. The van der Waals surface area contributed by atoms with E-state index in [1.54, 1.807) is 23.0 Å². The van der Waals surface area contributed by atoms with Crippen LogP contribution in [0.5, 0.6) is 11.5 Å². The molecule has 4 aromatic heterocycles. The topological polar surface area (TPSA) is 229 Å². The highest BCUT2D eigenvalue weighted by atomic mass is 35.5. The fourth-order valence-electron chi connectivity index (χ4n) is 4.80. The number of hydrogen-bond acceptors (Lipinski definition) is 15. The number of carbonyl (C=O) groups excluding carboxylic acids is 4. The highest BCUT2D eigenvalue weighted by molar-refractivity contribution is 6.32. The van der Waals surface area contributed by atoms with Gasteiger partial charge in [-0.15, -0.1) is 25.0 Å². The zero-order valence-electron chi connectivity index (χ0n) is 27.4. The first-order valence-electron chi connectivity index (χ1n) is 15.0. The molecule has 2 N–H and O–H groups in total. The molecule has 264 valence electrons. The molecule has 4 heterocycles. The first-order chi connectivity index (χ1) is 25.2. The summed E-state index contributed by atoms with van der Waals surface area (Å²) in [5, 5.41) is 28.5. The molecule has 0 unspecified atom stereocenters. The van der Waals surface area contributed by atoms with Gasteiger partial charge in [-0.2, -0.15) is 0 Å². The maximum atomic E-state index is 13.2. The van der Waals surface area contributed by atoms with Crippen molar-refractivity contribution in [1.82, 2.24) is 45.0 Å². The molecule has 0 aliphatic carbocycles. The number of nitrogens with zero attached hydrogens (tertiary/aromatic N) is 9. The van der Waals surface area contributed by atoms with E-state index in [-0.39, 0.29) is 63.4 Å². The minimum absolute atomic E-state index is 0.00951. The molecule has 0 aliphatic heterocycles. The number of benzene rings is 2. The second-order valence-electron chi connectivity index (χ2n) is 10.5. The van der Waals surface area contributed by atoms with Crippen LogP contribution < -0.4 is 20.1 Å². The molecule has 0 bridgehead atoms. The molecule has 0 aliphatic rings. The number of rotatable bonds is 12. The molecular formula is C32H26ClN11O8. The second kappa shape index (κ2) is 15.3. The Morgan fingerprint density at radius 3 is 2.19 bits per heavy atom. The van der Waals surface area contributed by atoms with E-state index >= 15 is 0 Å². The minimum atomic E-state index is -0.747. The van der Waals surface area contributed by atoms with Crippen molar-refractivity contribution >= 4 is 52.4 Å². The van der Waals surface area contributed by atoms with Crippen molar-refractivity contribution in [2.45, 2.75) is 6.42 Å². The largest absolute Gasteiger partial charge is 0.493 e. The standard InChI is InChI=1S/C32H26ClN11O8/c1-49-25-13-19(32(48)51-3)24(36-29(45)21-4-6-27(38-37-21)43-10-9-34-16-43)15-26(25)52-11-8-17-12-18(31(47)50-2)23(14-20(17)33)35-30(46)22-5-7-28-39-41-42-44(28)40-22/h4-7,9-10,12-16H,8,11H2,1-3H3,(H,35,46)(H,36,45). The first-order valence-corrected chi connectivity index (χ1v) is 15.4. The van der Waals surface area contributed by atoms with E-state index in [4.69, 9.17) is 30.5 Å². The smallest absolute Gasteiger partial charge is 0.340 e. The summed E-state index contributed by atoms with van der Waals surface area (Å²) in [5.41, 5.74) is 0.887. The SMILES string of the molecule is COC(=O)c1cc(OC)c(OCCc2cc(C(=O)OC)c(NC(=O)c3ccc4nnnn4n3)cc2Cl)cc1NC(=O)c1ccc(-n2ccnc2)nn1. The summed E-state index contributed by atoms with van der Waals surface area (Å²) in [6.45, 7) is -0.00951. The lowest BCUT2D eigenvalue weighted by Crippen LogP contribution is -2.18. The van der Waals surface area contributed by atoms with E-state index in [1.165, 1.54) is 70.1 Å². The van der Waals surface area contributed by atoms with Gasteiger partial charge in [0.25, 0.3) is 11.8 Å². The second-order valence-corrected chi connectivity index (χ2v) is 10.9.